The van der Waals surface area contributed by atoms with Crippen molar-refractivity contribution >= 4 is 17.6 Å². The molecule has 0 aliphatic heterocycles. The lowest BCUT2D eigenvalue weighted by Crippen LogP contribution is -2.35. The quantitative estimate of drug-likeness (QED) is 0.736. The monoisotopic (exact) mass is 268 g/mol. The Morgan fingerprint density at radius 3 is 2.63 bits per heavy atom. The predicted octanol–water partition coefficient (Wildman–Crippen LogP) is 0.815. The Bertz CT molecular complexity index is 437. The maximum Gasteiger partial charge on any atom is 0.328 e. The van der Waals surface area contributed by atoms with Crippen LogP contribution in [0.3, 0.4) is 0 Å². The van der Waals surface area contributed by atoms with Gasteiger partial charge in [-0.15, -0.1) is 0 Å². The molecule has 1 aromatic rings. The van der Waals surface area contributed by atoms with Crippen molar-refractivity contribution in [3.63, 3.8) is 0 Å². The molecule has 0 bridgehead atoms. The number of hydrogen-bond donors (Lipinski definition) is 2. The smallest absolute Gasteiger partial charge is 0.328 e. The van der Waals surface area contributed by atoms with Gasteiger partial charge in [0.25, 0.3) is 0 Å². The van der Waals surface area contributed by atoms with Gasteiger partial charge in [0.2, 0.25) is 0 Å². The van der Waals surface area contributed by atoms with E-state index < -0.39 is 6.04 Å². The summed E-state index contributed by atoms with van der Waals surface area (Å²) in [5, 5.41) is 3.01. The average molecular weight is 268 g/mol. The minimum Gasteiger partial charge on any atom is -0.467 e. The zero-order valence-electron chi connectivity index (χ0n) is 11.6. The molecule has 7 heteroatoms. The second-order valence-corrected chi connectivity index (χ2v) is 4.42. The number of aromatic nitrogens is 2. The van der Waals surface area contributed by atoms with Gasteiger partial charge in [-0.2, -0.15) is 0 Å². The van der Waals surface area contributed by atoms with E-state index in [9.17, 15) is 4.79 Å². The zero-order chi connectivity index (χ0) is 14.4. The summed E-state index contributed by atoms with van der Waals surface area (Å²) in [5.41, 5.74) is 5.69. The number of hydrogen-bond acceptors (Lipinski definition) is 7. The van der Waals surface area contributed by atoms with Crippen LogP contribution in [-0.4, -0.2) is 36.2 Å². The van der Waals surface area contributed by atoms with Crippen LogP contribution in [0.4, 0.5) is 11.6 Å². The molecule has 0 aliphatic rings. The molecule has 1 heterocycles. The van der Waals surface area contributed by atoms with E-state index in [1.54, 1.807) is 13.2 Å². The van der Waals surface area contributed by atoms with Crippen molar-refractivity contribution in [3.8, 4) is 0 Å². The van der Waals surface area contributed by atoms with Gasteiger partial charge in [-0.1, -0.05) is 13.8 Å². The second-order valence-electron chi connectivity index (χ2n) is 4.42. The van der Waals surface area contributed by atoms with Crippen LogP contribution in [-0.2, 0) is 20.9 Å². The summed E-state index contributed by atoms with van der Waals surface area (Å²) < 4.78 is 9.71. The van der Waals surface area contributed by atoms with Crippen molar-refractivity contribution < 1.29 is 14.3 Å². The zero-order valence-corrected chi connectivity index (χ0v) is 11.6. The number of esters is 1. The first-order chi connectivity index (χ1) is 8.97. The molecule has 0 saturated heterocycles. The molecule has 0 spiro atoms. The van der Waals surface area contributed by atoms with Crippen LogP contribution in [0.25, 0.3) is 0 Å². The van der Waals surface area contributed by atoms with Crippen LogP contribution in [0.5, 0.6) is 0 Å². The molecule has 0 saturated carbocycles. The third kappa shape index (κ3) is 4.36. The fourth-order valence-corrected chi connectivity index (χ4v) is 1.57. The number of nitrogens with two attached hydrogens (primary N) is 1. The molecule has 0 fully saturated rings. The van der Waals surface area contributed by atoms with E-state index in [0.717, 1.165) is 0 Å². The summed E-state index contributed by atoms with van der Waals surface area (Å²) in [4.78, 5) is 19.9. The predicted molar refractivity (Wildman–Crippen MR) is 71.4 cm³/mol. The highest BCUT2D eigenvalue weighted by Gasteiger charge is 2.23. The summed E-state index contributed by atoms with van der Waals surface area (Å²) in [6.07, 6.45) is 0. The number of carbonyl (C=O) groups excluding carboxylic acids is 1. The number of ether oxygens (including phenoxy) is 2. The van der Waals surface area contributed by atoms with E-state index in [1.807, 2.05) is 13.8 Å². The van der Waals surface area contributed by atoms with E-state index in [1.165, 1.54) is 7.11 Å². The fraction of sp³-hybridized carbons (Fsp3) is 0.583. The minimum absolute atomic E-state index is 0.0505. The molecule has 1 aromatic heterocycles. The molecule has 0 radical (unpaired) electrons. The standard InChI is InChI=1S/C12H20N4O3/c1-7(2)11(12(17)19-4)16-9-5-8(13)14-10(15-9)6-18-3/h5,7,11H,6H2,1-4H3,(H3,13,14,15,16). The molecule has 0 amide bonds. The molecule has 1 atom stereocenters. The fourth-order valence-electron chi connectivity index (χ4n) is 1.57. The molecule has 7 nitrogen and oxygen atoms in total. The van der Waals surface area contributed by atoms with E-state index in [0.29, 0.717) is 17.5 Å². The normalized spacial score (nSPS) is 12.3. The largest absolute Gasteiger partial charge is 0.467 e. The number of rotatable bonds is 6. The van der Waals surface area contributed by atoms with E-state index in [-0.39, 0.29) is 18.5 Å². The third-order valence-electron chi connectivity index (χ3n) is 2.49. The lowest BCUT2D eigenvalue weighted by Gasteiger charge is -2.20. The summed E-state index contributed by atoms with van der Waals surface area (Å²) in [6, 6.07) is 1.08. The van der Waals surface area contributed by atoms with Gasteiger partial charge >= 0.3 is 5.97 Å². The van der Waals surface area contributed by atoms with Crippen molar-refractivity contribution in [1.29, 1.82) is 0 Å². The minimum atomic E-state index is -0.491. The van der Waals surface area contributed by atoms with Crippen molar-refractivity contribution in [2.24, 2.45) is 5.92 Å². The van der Waals surface area contributed by atoms with E-state index >= 15 is 0 Å². The Morgan fingerprint density at radius 2 is 2.11 bits per heavy atom. The van der Waals surface area contributed by atoms with Gasteiger partial charge in [0.15, 0.2) is 5.82 Å². The average Bonchev–Trinajstić information content (AvgIpc) is 2.34. The summed E-state index contributed by atoms with van der Waals surface area (Å²) >= 11 is 0. The molecule has 0 aliphatic carbocycles. The molecule has 1 unspecified atom stereocenters. The third-order valence-corrected chi connectivity index (χ3v) is 2.49. The number of nitrogens with zero attached hydrogens (tertiary/aromatic N) is 2. The van der Waals surface area contributed by atoms with Crippen molar-refractivity contribution in [2.75, 3.05) is 25.3 Å². The van der Waals surface area contributed by atoms with Crippen LogP contribution in [0, 0.1) is 5.92 Å². The van der Waals surface area contributed by atoms with Crippen molar-refractivity contribution in [3.05, 3.63) is 11.9 Å². The van der Waals surface area contributed by atoms with Gasteiger partial charge in [0.05, 0.1) is 7.11 Å². The highest BCUT2D eigenvalue weighted by atomic mass is 16.5. The highest BCUT2D eigenvalue weighted by Crippen LogP contribution is 2.14. The Morgan fingerprint density at radius 1 is 1.42 bits per heavy atom. The molecule has 1 rings (SSSR count). The number of methoxy groups -OCH3 is 2. The molecule has 19 heavy (non-hydrogen) atoms. The first kappa shape index (κ1) is 15.2. The topological polar surface area (TPSA) is 99.4 Å². The summed E-state index contributed by atoms with van der Waals surface area (Å²) in [7, 11) is 2.90. The number of nitrogens with one attached hydrogen (secondary N) is 1. The van der Waals surface area contributed by atoms with Gasteiger partial charge in [-0.3, -0.25) is 0 Å². The summed E-state index contributed by atoms with van der Waals surface area (Å²) in [6.45, 7) is 4.08. The molecular formula is C12H20N4O3. The first-order valence-electron chi connectivity index (χ1n) is 5.94. The molecule has 106 valence electrons. The van der Waals surface area contributed by atoms with Crippen LogP contribution in [0.2, 0.25) is 0 Å². The summed E-state index contributed by atoms with van der Waals surface area (Å²) in [5.74, 6) is 0.952. The second kappa shape index (κ2) is 6.89. The van der Waals surface area contributed by atoms with Gasteiger partial charge in [0, 0.05) is 13.2 Å². The van der Waals surface area contributed by atoms with Crippen LogP contribution < -0.4 is 11.1 Å². The Hall–Kier alpha value is -1.89. The van der Waals surface area contributed by atoms with E-state index in [2.05, 4.69) is 15.3 Å². The Kier molecular flexibility index (Phi) is 5.50. The lowest BCUT2D eigenvalue weighted by molar-refractivity contribution is -0.142. The maximum absolute atomic E-state index is 11.7. The van der Waals surface area contributed by atoms with Crippen LogP contribution in [0.1, 0.15) is 19.7 Å². The number of nitrogen functional groups attached to an aromatic ring is 1. The first-order valence-corrected chi connectivity index (χ1v) is 5.94. The number of carbonyl (C=O) groups is 1. The van der Waals surface area contributed by atoms with Gasteiger partial charge in [-0.05, 0) is 5.92 Å². The molecule has 0 aromatic carbocycles. The van der Waals surface area contributed by atoms with Crippen molar-refractivity contribution in [2.45, 2.75) is 26.5 Å². The SMILES string of the molecule is COCc1nc(N)cc(NC(C(=O)OC)C(C)C)n1. The van der Waals surface area contributed by atoms with E-state index in [4.69, 9.17) is 15.2 Å². The Labute approximate surface area is 112 Å². The van der Waals surface area contributed by atoms with Gasteiger partial charge in [-0.25, -0.2) is 14.8 Å². The van der Waals surface area contributed by atoms with Gasteiger partial charge in [0.1, 0.15) is 24.3 Å². The maximum atomic E-state index is 11.7. The highest BCUT2D eigenvalue weighted by molar-refractivity contribution is 5.79. The molecule has 3 N–H and O–H groups in total. The van der Waals surface area contributed by atoms with Crippen molar-refractivity contribution in [1.82, 2.24) is 9.97 Å². The Balaban J connectivity index is 2.92. The van der Waals surface area contributed by atoms with Crippen LogP contribution in [0.15, 0.2) is 6.07 Å². The lowest BCUT2D eigenvalue weighted by atomic mass is 10.0. The molecular weight excluding hydrogens is 248 g/mol. The number of anilines is 2. The van der Waals surface area contributed by atoms with Crippen LogP contribution >= 0.6 is 0 Å². The van der Waals surface area contributed by atoms with Gasteiger partial charge < -0.3 is 20.5 Å².